The second kappa shape index (κ2) is 10.0. The van der Waals surface area contributed by atoms with E-state index in [-0.39, 0.29) is 13.0 Å². The lowest BCUT2D eigenvalue weighted by Crippen LogP contribution is -1.99. The highest BCUT2D eigenvalue weighted by Crippen LogP contribution is 2.27. The molecular formula is C26H21NO4. The molecule has 3 aromatic carbocycles. The molecule has 0 saturated carbocycles. The van der Waals surface area contributed by atoms with Crippen LogP contribution in [0.5, 0.6) is 11.5 Å². The second-order valence-electron chi connectivity index (χ2n) is 6.89. The van der Waals surface area contributed by atoms with Crippen LogP contribution in [0, 0.1) is 30.1 Å². The Labute approximate surface area is 181 Å². The molecule has 1 N–H and O–H groups in total. The van der Waals surface area contributed by atoms with Gasteiger partial charge in [-0.1, -0.05) is 48.2 Å². The lowest BCUT2D eigenvalue weighted by atomic mass is 9.99. The molecule has 3 aromatic rings. The Morgan fingerprint density at radius 3 is 2.52 bits per heavy atom. The van der Waals surface area contributed by atoms with Crippen LogP contribution in [0.4, 0.5) is 0 Å². The van der Waals surface area contributed by atoms with Gasteiger partial charge in [0.05, 0.1) is 24.7 Å². The summed E-state index contributed by atoms with van der Waals surface area (Å²) in [4.78, 5) is 11.0. The summed E-state index contributed by atoms with van der Waals surface area (Å²) < 4.78 is 11.1. The van der Waals surface area contributed by atoms with Crippen molar-refractivity contribution in [3.8, 4) is 40.5 Å². The van der Waals surface area contributed by atoms with Crippen molar-refractivity contribution >= 4 is 5.97 Å². The zero-order chi connectivity index (χ0) is 22.2. The fourth-order valence-electron chi connectivity index (χ4n) is 3.12. The number of methoxy groups -OCH3 is 1. The number of nitriles is 1. The number of carbonyl (C=O) groups is 1. The third-order valence-corrected chi connectivity index (χ3v) is 4.59. The van der Waals surface area contributed by atoms with Crippen LogP contribution in [0.1, 0.15) is 22.3 Å². The van der Waals surface area contributed by atoms with E-state index in [1.54, 1.807) is 25.3 Å². The molecule has 5 heteroatoms. The van der Waals surface area contributed by atoms with E-state index in [9.17, 15) is 10.1 Å². The van der Waals surface area contributed by atoms with Crippen molar-refractivity contribution in [1.82, 2.24) is 0 Å². The quantitative estimate of drug-likeness (QED) is 0.600. The summed E-state index contributed by atoms with van der Waals surface area (Å²) in [6, 6.07) is 20.6. The first kappa shape index (κ1) is 21.5. The molecule has 0 saturated heterocycles. The van der Waals surface area contributed by atoms with E-state index in [1.807, 2.05) is 49.4 Å². The predicted molar refractivity (Wildman–Crippen MR) is 118 cm³/mol. The molecule has 0 heterocycles. The molecule has 31 heavy (non-hydrogen) atoms. The van der Waals surface area contributed by atoms with Crippen molar-refractivity contribution in [3.05, 3.63) is 82.9 Å². The van der Waals surface area contributed by atoms with Crippen LogP contribution >= 0.6 is 0 Å². The third-order valence-electron chi connectivity index (χ3n) is 4.59. The van der Waals surface area contributed by atoms with Gasteiger partial charge >= 0.3 is 5.97 Å². The van der Waals surface area contributed by atoms with Gasteiger partial charge in [0.25, 0.3) is 0 Å². The average Bonchev–Trinajstić information content (AvgIpc) is 2.77. The number of hydrogen-bond acceptors (Lipinski definition) is 4. The zero-order valence-electron chi connectivity index (χ0n) is 17.3. The number of nitrogens with zero attached hydrogens (tertiary/aromatic N) is 1. The Morgan fingerprint density at radius 1 is 1.00 bits per heavy atom. The normalized spacial score (nSPS) is 9.84. The number of aliphatic carboxylic acids is 1. The summed E-state index contributed by atoms with van der Waals surface area (Å²) in [5.74, 6) is 6.29. The van der Waals surface area contributed by atoms with Crippen molar-refractivity contribution in [2.75, 3.05) is 13.7 Å². The maximum atomic E-state index is 11.0. The Hall–Kier alpha value is -4.22. The molecule has 3 rings (SSSR count). The van der Waals surface area contributed by atoms with Gasteiger partial charge in [-0.05, 0) is 53.4 Å². The lowest BCUT2D eigenvalue weighted by molar-refractivity contribution is -0.136. The van der Waals surface area contributed by atoms with Crippen LogP contribution in [-0.4, -0.2) is 24.8 Å². The summed E-state index contributed by atoms with van der Waals surface area (Å²) in [6.07, 6.45) is -0.0301. The van der Waals surface area contributed by atoms with E-state index in [0.717, 1.165) is 22.3 Å². The van der Waals surface area contributed by atoms with Gasteiger partial charge in [-0.3, -0.25) is 4.79 Å². The van der Waals surface area contributed by atoms with Gasteiger partial charge in [0.15, 0.2) is 0 Å². The van der Waals surface area contributed by atoms with E-state index in [1.165, 1.54) is 0 Å². The fraction of sp³-hybridized carbons (Fsp3) is 0.154. The minimum atomic E-state index is -0.869. The highest BCUT2D eigenvalue weighted by atomic mass is 16.5. The SMILES string of the molecule is COc1ccc(-c2cccc(CC(=O)O)c2)cc1C#CCOc1ccc(C)cc1C#N. The van der Waals surface area contributed by atoms with E-state index in [0.29, 0.717) is 22.6 Å². The van der Waals surface area contributed by atoms with Crippen LogP contribution in [0.3, 0.4) is 0 Å². The summed E-state index contributed by atoms with van der Waals surface area (Å²) in [5.41, 5.74) is 4.69. The molecule has 0 aliphatic rings. The number of ether oxygens (including phenoxy) is 2. The van der Waals surface area contributed by atoms with E-state index < -0.39 is 5.97 Å². The number of carboxylic acid groups (broad SMARTS) is 1. The molecule has 0 atom stereocenters. The highest BCUT2D eigenvalue weighted by molar-refractivity contribution is 5.73. The van der Waals surface area contributed by atoms with Gasteiger partial charge < -0.3 is 14.6 Å². The zero-order valence-corrected chi connectivity index (χ0v) is 17.3. The van der Waals surface area contributed by atoms with Crippen LogP contribution in [0.15, 0.2) is 60.7 Å². The predicted octanol–water partition coefficient (Wildman–Crippen LogP) is 4.60. The molecule has 0 aromatic heterocycles. The van der Waals surface area contributed by atoms with Gasteiger partial charge in [0.1, 0.15) is 24.2 Å². The van der Waals surface area contributed by atoms with E-state index >= 15 is 0 Å². The topological polar surface area (TPSA) is 79.6 Å². The Kier molecular flexibility index (Phi) is 6.93. The summed E-state index contributed by atoms with van der Waals surface area (Å²) >= 11 is 0. The van der Waals surface area contributed by atoms with Crippen LogP contribution in [-0.2, 0) is 11.2 Å². The van der Waals surface area contributed by atoms with Crippen molar-refractivity contribution in [1.29, 1.82) is 5.26 Å². The Bertz CT molecular complexity index is 1210. The highest BCUT2D eigenvalue weighted by Gasteiger charge is 2.07. The van der Waals surface area contributed by atoms with Gasteiger partial charge in [-0.25, -0.2) is 0 Å². The minimum Gasteiger partial charge on any atom is -0.495 e. The monoisotopic (exact) mass is 411 g/mol. The molecule has 0 radical (unpaired) electrons. The van der Waals surface area contributed by atoms with Gasteiger partial charge in [-0.2, -0.15) is 5.26 Å². The van der Waals surface area contributed by atoms with Crippen molar-refractivity contribution in [2.45, 2.75) is 13.3 Å². The Balaban J connectivity index is 1.81. The fourth-order valence-corrected chi connectivity index (χ4v) is 3.12. The third kappa shape index (κ3) is 5.65. The van der Waals surface area contributed by atoms with Crippen molar-refractivity contribution in [3.63, 3.8) is 0 Å². The smallest absolute Gasteiger partial charge is 0.307 e. The molecule has 5 nitrogen and oxygen atoms in total. The molecule has 0 aliphatic carbocycles. The number of benzene rings is 3. The standard InChI is InChI=1S/C26H21NO4/c1-18-8-10-25(23(13-18)17-27)31-12-4-7-22-16-21(9-11-24(22)30-2)20-6-3-5-19(14-20)15-26(28)29/h3,5-6,8-11,13-14,16H,12,15H2,1-2H3,(H,28,29). The number of carboxylic acids is 1. The summed E-state index contributed by atoms with van der Waals surface area (Å²) in [5, 5.41) is 18.3. The molecule has 0 bridgehead atoms. The molecule has 0 amide bonds. The van der Waals surface area contributed by atoms with E-state index in [4.69, 9.17) is 14.6 Å². The van der Waals surface area contributed by atoms with Gasteiger partial charge in [0.2, 0.25) is 0 Å². The number of aryl methyl sites for hydroxylation is 1. The Morgan fingerprint density at radius 2 is 1.77 bits per heavy atom. The first-order valence-electron chi connectivity index (χ1n) is 9.61. The first-order valence-corrected chi connectivity index (χ1v) is 9.61. The molecule has 0 aliphatic heterocycles. The summed E-state index contributed by atoms with van der Waals surface area (Å²) in [6.45, 7) is 2.04. The minimum absolute atomic E-state index is 0.0301. The first-order chi connectivity index (χ1) is 15.0. The molecular weight excluding hydrogens is 390 g/mol. The number of hydrogen-bond donors (Lipinski definition) is 1. The van der Waals surface area contributed by atoms with Crippen LogP contribution in [0.2, 0.25) is 0 Å². The number of rotatable bonds is 6. The maximum Gasteiger partial charge on any atom is 0.307 e. The molecule has 0 spiro atoms. The molecule has 154 valence electrons. The van der Waals surface area contributed by atoms with Crippen LogP contribution < -0.4 is 9.47 Å². The molecule has 0 unspecified atom stereocenters. The van der Waals surface area contributed by atoms with Crippen molar-refractivity contribution < 1.29 is 19.4 Å². The van der Waals surface area contributed by atoms with Gasteiger partial charge in [0, 0.05) is 0 Å². The second-order valence-corrected chi connectivity index (χ2v) is 6.89. The lowest BCUT2D eigenvalue weighted by Gasteiger charge is -2.08. The van der Waals surface area contributed by atoms with E-state index in [2.05, 4.69) is 17.9 Å². The largest absolute Gasteiger partial charge is 0.495 e. The van der Waals surface area contributed by atoms with Crippen LogP contribution in [0.25, 0.3) is 11.1 Å². The van der Waals surface area contributed by atoms with Crippen molar-refractivity contribution in [2.24, 2.45) is 0 Å². The maximum absolute atomic E-state index is 11.0. The molecule has 0 fully saturated rings. The van der Waals surface area contributed by atoms with Gasteiger partial charge in [-0.15, -0.1) is 0 Å². The summed E-state index contributed by atoms with van der Waals surface area (Å²) in [7, 11) is 1.58. The average molecular weight is 411 g/mol.